The largest absolute Gasteiger partial charge is 0.497 e. The van der Waals surface area contributed by atoms with Gasteiger partial charge in [-0.25, -0.2) is 8.42 Å². The molecule has 0 radical (unpaired) electrons. The normalized spacial score (nSPS) is 11.1. The van der Waals surface area contributed by atoms with Crippen LogP contribution in [0.3, 0.4) is 0 Å². The van der Waals surface area contributed by atoms with Gasteiger partial charge in [0.15, 0.2) is 0 Å². The maximum Gasteiger partial charge on any atom is 0.264 e. The highest BCUT2D eigenvalue weighted by Crippen LogP contribution is 2.25. The molecule has 0 unspecified atom stereocenters. The lowest BCUT2D eigenvalue weighted by atomic mass is 10.1. The van der Waals surface area contributed by atoms with E-state index in [1.807, 2.05) is 26.0 Å². The van der Waals surface area contributed by atoms with Crippen LogP contribution in [0.25, 0.3) is 0 Å². The third-order valence-electron chi connectivity index (χ3n) is 5.34. The Morgan fingerprint density at radius 2 is 1.45 bits per heavy atom. The van der Waals surface area contributed by atoms with Crippen molar-refractivity contribution in [1.82, 2.24) is 5.32 Å². The number of carbonyl (C=O) groups excluding carboxylic acids is 1. The fraction of sp³-hybridized carbons (Fsp3) is 0.269. The van der Waals surface area contributed by atoms with E-state index in [1.165, 1.54) is 30.4 Å². The molecule has 3 aromatic rings. The van der Waals surface area contributed by atoms with Crippen molar-refractivity contribution in [2.75, 3.05) is 24.5 Å². The Hall–Kier alpha value is -3.32. The minimum absolute atomic E-state index is 0.0936. The number of hydrogen-bond donors (Lipinski definition) is 1. The number of amides is 1. The summed E-state index contributed by atoms with van der Waals surface area (Å²) in [6, 6.07) is 21.5. The van der Waals surface area contributed by atoms with Crippen LogP contribution in [0.2, 0.25) is 0 Å². The zero-order valence-corrected chi connectivity index (χ0v) is 20.1. The summed E-state index contributed by atoms with van der Waals surface area (Å²) in [6.45, 7) is 4.13. The smallest absolute Gasteiger partial charge is 0.264 e. The van der Waals surface area contributed by atoms with Crippen molar-refractivity contribution in [3.63, 3.8) is 0 Å². The van der Waals surface area contributed by atoms with Crippen LogP contribution in [0.4, 0.5) is 5.69 Å². The van der Waals surface area contributed by atoms with Gasteiger partial charge in [0.1, 0.15) is 12.3 Å². The van der Waals surface area contributed by atoms with Crippen LogP contribution in [0, 0.1) is 13.8 Å². The fourth-order valence-electron chi connectivity index (χ4n) is 3.36. The molecule has 3 aromatic carbocycles. The van der Waals surface area contributed by atoms with Crippen molar-refractivity contribution in [3.05, 3.63) is 89.5 Å². The molecule has 1 N–H and O–H groups in total. The van der Waals surface area contributed by atoms with Gasteiger partial charge in [0.2, 0.25) is 5.91 Å². The molecule has 0 aliphatic heterocycles. The Morgan fingerprint density at radius 1 is 0.879 bits per heavy atom. The van der Waals surface area contributed by atoms with Crippen molar-refractivity contribution >= 4 is 21.6 Å². The Kier molecular flexibility index (Phi) is 8.11. The Morgan fingerprint density at radius 3 is 2.03 bits per heavy atom. The summed E-state index contributed by atoms with van der Waals surface area (Å²) >= 11 is 0. The average molecular weight is 467 g/mol. The maximum atomic E-state index is 13.4. The van der Waals surface area contributed by atoms with Gasteiger partial charge >= 0.3 is 0 Å². The lowest BCUT2D eigenvalue weighted by molar-refractivity contribution is -0.119. The van der Waals surface area contributed by atoms with Crippen LogP contribution in [0.5, 0.6) is 5.75 Å². The molecule has 7 heteroatoms. The van der Waals surface area contributed by atoms with Gasteiger partial charge in [0.25, 0.3) is 10.0 Å². The second-order valence-corrected chi connectivity index (χ2v) is 9.82. The summed E-state index contributed by atoms with van der Waals surface area (Å²) < 4.78 is 33.1. The van der Waals surface area contributed by atoms with Gasteiger partial charge in [0, 0.05) is 6.54 Å². The molecule has 0 bridgehead atoms. The molecule has 174 valence electrons. The Balaban J connectivity index is 1.70. The van der Waals surface area contributed by atoms with E-state index < -0.39 is 10.0 Å². The number of sulfonamides is 1. The summed E-state index contributed by atoms with van der Waals surface area (Å²) in [5.74, 6) is 0.207. The fourth-order valence-corrected chi connectivity index (χ4v) is 4.78. The molecular weight excluding hydrogens is 436 g/mol. The predicted molar refractivity (Wildman–Crippen MR) is 131 cm³/mol. The molecule has 0 saturated carbocycles. The summed E-state index contributed by atoms with van der Waals surface area (Å²) in [5, 5.41) is 2.85. The SMILES string of the molecule is COc1ccc(S(=O)(=O)N(CC(=O)NCCCc2ccc(C)cc2)c2ccc(C)cc2)cc1. The minimum Gasteiger partial charge on any atom is -0.497 e. The molecule has 0 atom stereocenters. The van der Waals surface area contributed by atoms with Crippen molar-refractivity contribution in [1.29, 1.82) is 0 Å². The molecule has 0 fully saturated rings. The highest BCUT2D eigenvalue weighted by Gasteiger charge is 2.27. The first-order chi connectivity index (χ1) is 15.8. The van der Waals surface area contributed by atoms with Crippen LogP contribution < -0.4 is 14.4 Å². The molecule has 0 aliphatic rings. The van der Waals surface area contributed by atoms with Gasteiger partial charge in [-0.05, 0) is 68.7 Å². The number of nitrogens with one attached hydrogen (secondary N) is 1. The van der Waals surface area contributed by atoms with Crippen LogP contribution in [0.15, 0.2) is 77.7 Å². The number of aryl methyl sites for hydroxylation is 3. The minimum atomic E-state index is -3.95. The first-order valence-corrected chi connectivity index (χ1v) is 12.3. The van der Waals surface area contributed by atoms with Crippen molar-refractivity contribution < 1.29 is 17.9 Å². The zero-order chi connectivity index (χ0) is 23.8. The van der Waals surface area contributed by atoms with E-state index in [1.54, 1.807) is 24.3 Å². The quantitative estimate of drug-likeness (QED) is 0.453. The molecule has 3 rings (SSSR count). The van der Waals surface area contributed by atoms with Gasteiger partial charge in [-0.1, -0.05) is 47.5 Å². The van der Waals surface area contributed by atoms with Crippen molar-refractivity contribution in [2.24, 2.45) is 0 Å². The molecule has 33 heavy (non-hydrogen) atoms. The summed E-state index contributed by atoms with van der Waals surface area (Å²) in [6.07, 6.45) is 1.61. The van der Waals surface area contributed by atoms with E-state index >= 15 is 0 Å². The van der Waals surface area contributed by atoms with E-state index in [-0.39, 0.29) is 17.3 Å². The Bertz CT molecular complexity index is 1160. The summed E-state index contributed by atoms with van der Waals surface area (Å²) in [5.41, 5.74) is 3.85. The van der Waals surface area contributed by atoms with Crippen molar-refractivity contribution in [2.45, 2.75) is 31.6 Å². The lowest BCUT2D eigenvalue weighted by Gasteiger charge is -2.24. The van der Waals surface area contributed by atoms with E-state index in [2.05, 4.69) is 29.6 Å². The number of nitrogens with zero attached hydrogens (tertiary/aromatic N) is 1. The average Bonchev–Trinajstić information content (AvgIpc) is 2.82. The topological polar surface area (TPSA) is 75.7 Å². The number of carbonyl (C=O) groups is 1. The van der Waals surface area contributed by atoms with E-state index in [9.17, 15) is 13.2 Å². The predicted octanol–water partition coefficient (Wildman–Crippen LogP) is 4.26. The van der Waals surface area contributed by atoms with E-state index in [0.29, 0.717) is 18.0 Å². The lowest BCUT2D eigenvalue weighted by Crippen LogP contribution is -2.41. The van der Waals surface area contributed by atoms with Crippen LogP contribution in [0.1, 0.15) is 23.1 Å². The van der Waals surface area contributed by atoms with Crippen molar-refractivity contribution in [3.8, 4) is 5.75 Å². The number of anilines is 1. The van der Waals surface area contributed by atoms with Gasteiger partial charge in [-0.2, -0.15) is 0 Å². The standard InChI is InChI=1S/C26H30N2O4S/c1-20-6-10-22(11-7-20)5-4-18-27-26(29)19-28(23-12-8-21(2)9-13-23)33(30,31)25-16-14-24(32-3)15-17-25/h6-17H,4-5,18-19H2,1-3H3,(H,27,29). The van der Waals surface area contributed by atoms with Crippen LogP contribution in [-0.2, 0) is 21.2 Å². The molecular formula is C26H30N2O4S. The second-order valence-electron chi connectivity index (χ2n) is 7.96. The zero-order valence-electron chi connectivity index (χ0n) is 19.2. The first-order valence-electron chi connectivity index (χ1n) is 10.9. The monoisotopic (exact) mass is 466 g/mol. The molecule has 0 aromatic heterocycles. The van der Waals surface area contributed by atoms with Crippen LogP contribution in [-0.4, -0.2) is 34.5 Å². The molecule has 1 amide bonds. The first kappa shape index (κ1) is 24.3. The van der Waals surface area contributed by atoms with Crippen LogP contribution >= 0.6 is 0 Å². The van der Waals surface area contributed by atoms with E-state index in [4.69, 9.17) is 4.74 Å². The molecule has 6 nitrogen and oxygen atoms in total. The number of methoxy groups -OCH3 is 1. The number of benzene rings is 3. The highest BCUT2D eigenvalue weighted by atomic mass is 32.2. The Labute approximate surface area is 196 Å². The van der Waals surface area contributed by atoms with Gasteiger partial charge in [-0.3, -0.25) is 9.10 Å². The van der Waals surface area contributed by atoms with Gasteiger partial charge in [-0.15, -0.1) is 0 Å². The third kappa shape index (κ3) is 6.58. The summed E-state index contributed by atoms with van der Waals surface area (Å²) in [7, 11) is -2.43. The molecule has 0 saturated heterocycles. The van der Waals surface area contributed by atoms with Gasteiger partial charge < -0.3 is 10.1 Å². The van der Waals surface area contributed by atoms with Gasteiger partial charge in [0.05, 0.1) is 17.7 Å². The number of ether oxygens (including phenoxy) is 1. The third-order valence-corrected chi connectivity index (χ3v) is 7.13. The molecule has 0 heterocycles. The highest BCUT2D eigenvalue weighted by molar-refractivity contribution is 7.92. The molecule has 0 aliphatic carbocycles. The summed E-state index contributed by atoms with van der Waals surface area (Å²) in [4.78, 5) is 12.8. The second kappa shape index (κ2) is 11.0. The maximum absolute atomic E-state index is 13.4. The number of rotatable bonds is 10. The molecule has 0 spiro atoms. The van der Waals surface area contributed by atoms with E-state index in [0.717, 1.165) is 22.7 Å². The number of hydrogen-bond acceptors (Lipinski definition) is 4.